The molecule has 2 heterocycles. The van der Waals surface area contributed by atoms with Crippen molar-refractivity contribution in [2.45, 2.75) is 26.4 Å². The number of hydrogen-bond donors (Lipinski definition) is 1. The average Bonchev–Trinajstić information content (AvgIpc) is 3.06. The third-order valence-electron chi connectivity index (χ3n) is 2.82. The summed E-state index contributed by atoms with van der Waals surface area (Å²) >= 11 is 2.63. The molecule has 0 fully saturated rings. The molecule has 0 atom stereocenters. The molecule has 2 rings (SSSR count). The van der Waals surface area contributed by atoms with E-state index >= 15 is 0 Å². The van der Waals surface area contributed by atoms with Crippen molar-refractivity contribution in [2.24, 2.45) is 0 Å². The van der Waals surface area contributed by atoms with Crippen LogP contribution in [0.5, 0.6) is 0 Å². The van der Waals surface area contributed by atoms with Crippen LogP contribution >= 0.6 is 22.7 Å². The number of amides is 1. The lowest BCUT2D eigenvalue weighted by Crippen LogP contribution is -2.35. The van der Waals surface area contributed by atoms with Gasteiger partial charge < -0.3 is 10.0 Å². The highest BCUT2D eigenvalue weighted by molar-refractivity contribution is 7.15. The summed E-state index contributed by atoms with van der Waals surface area (Å²) in [4.78, 5) is 26.9. The number of nitrogens with zero attached hydrogens (tertiary/aromatic N) is 1. The van der Waals surface area contributed by atoms with E-state index in [1.165, 1.54) is 6.07 Å². The zero-order chi connectivity index (χ0) is 14.7. The van der Waals surface area contributed by atoms with E-state index in [4.69, 9.17) is 5.11 Å². The minimum atomic E-state index is -0.997. The SMILES string of the molecule is CC(C)N(Cc1cccs1)C(=O)c1ccc(C(=O)O)s1. The first-order valence-corrected chi connectivity index (χ1v) is 7.85. The van der Waals surface area contributed by atoms with Crippen LogP contribution < -0.4 is 0 Å². The molecule has 0 spiro atoms. The van der Waals surface area contributed by atoms with E-state index in [9.17, 15) is 9.59 Å². The molecule has 106 valence electrons. The third kappa shape index (κ3) is 3.26. The Balaban J connectivity index is 2.19. The molecule has 0 aliphatic heterocycles. The largest absolute Gasteiger partial charge is 0.477 e. The predicted molar refractivity (Wildman–Crippen MR) is 80.6 cm³/mol. The van der Waals surface area contributed by atoms with Crippen LogP contribution in [0.1, 0.15) is 38.1 Å². The molecular weight excluding hydrogens is 294 g/mol. The van der Waals surface area contributed by atoms with Gasteiger partial charge in [-0.1, -0.05) is 6.07 Å². The van der Waals surface area contributed by atoms with Crippen LogP contribution in [0, 0.1) is 0 Å². The number of hydrogen-bond acceptors (Lipinski definition) is 4. The minimum absolute atomic E-state index is 0.0555. The van der Waals surface area contributed by atoms with Crippen molar-refractivity contribution in [1.29, 1.82) is 0 Å². The van der Waals surface area contributed by atoms with Gasteiger partial charge >= 0.3 is 5.97 Å². The predicted octanol–water partition coefficient (Wildman–Crippen LogP) is 3.56. The van der Waals surface area contributed by atoms with Crippen LogP contribution in [0.25, 0.3) is 0 Å². The molecule has 0 aromatic carbocycles. The quantitative estimate of drug-likeness (QED) is 0.918. The summed E-state index contributed by atoms with van der Waals surface area (Å²) < 4.78 is 0. The lowest BCUT2D eigenvalue weighted by Gasteiger charge is -2.25. The number of carboxylic acids is 1. The number of rotatable bonds is 5. The van der Waals surface area contributed by atoms with E-state index in [-0.39, 0.29) is 16.8 Å². The van der Waals surface area contributed by atoms with Gasteiger partial charge in [0.25, 0.3) is 5.91 Å². The molecule has 2 aromatic heterocycles. The first kappa shape index (κ1) is 14.7. The van der Waals surface area contributed by atoms with E-state index in [0.717, 1.165) is 16.2 Å². The molecule has 4 nitrogen and oxygen atoms in total. The van der Waals surface area contributed by atoms with Gasteiger partial charge in [-0.3, -0.25) is 4.79 Å². The molecule has 0 saturated heterocycles. The summed E-state index contributed by atoms with van der Waals surface area (Å²) in [7, 11) is 0. The highest BCUT2D eigenvalue weighted by Crippen LogP contribution is 2.22. The molecule has 0 aliphatic rings. The van der Waals surface area contributed by atoms with Gasteiger partial charge in [-0.25, -0.2) is 4.79 Å². The smallest absolute Gasteiger partial charge is 0.345 e. The molecule has 0 saturated carbocycles. The molecule has 0 radical (unpaired) electrons. The van der Waals surface area contributed by atoms with Crippen LogP contribution in [0.2, 0.25) is 0 Å². The van der Waals surface area contributed by atoms with E-state index in [2.05, 4.69) is 0 Å². The zero-order valence-corrected chi connectivity index (χ0v) is 12.8. The maximum Gasteiger partial charge on any atom is 0.345 e. The Morgan fingerprint density at radius 3 is 2.45 bits per heavy atom. The second-order valence-electron chi connectivity index (χ2n) is 4.58. The van der Waals surface area contributed by atoms with Crippen LogP contribution in [-0.2, 0) is 6.54 Å². The average molecular weight is 309 g/mol. The fraction of sp³-hybridized carbons (Fsp3) is 0.286. The minimum Gasteiger partial charge on any atom is -0.477 e. The van der Waals surface area contributed by atoms with E-state index in [0.29, 0.717) is 11.4 Å². The standard InChI is InChI=1S/C14H15NO3S2/c1-9(2)15(8-10-4-3-7-19-10)13(16)11-5-6-12(20-11)14(17)18/h3-7,9H,8H2,1-2H3,(H,17,18). The zero-order valence-electron chi connectivity index (χ0n) is 11.2. The lowest BCUT2D eigenvalue weighted by molar-refractivity contribution is 0.0692. The number of carbonyl (C=O) groups excluding carboxylic acids is 1. The Morgan fingerprint density at radius 2 is 1.95 bits per heavy atom. The van der Waals surface area contributed by atoms with Gasteiger partial charge in [0.15, 0.2) is 0 Å². The van der Waals surface area contributed by atoms with Crippen LogP contribution in [0.4, 0.5) is 0 Å². The van der Waals surface area contributed by atoms with Crippen molar-refractivity contribution >= 4 is 34.6 Å². The molecular formula is C14H15NO3S2. The summed E-state index contributed by atoms with van der Waals surface area (Å²) in [6.07, 6.45) is 0. The second kappa shape index (κ2) is 6.19. The fourth-order valence-corrected chi connectivity index (χ4v) is 3.27. The van der Waals surface area contributed by atoms with E-state index in [1.807, 2.05) is 31.4 Å². The van der Waals surface area contributed by atoms with E-state index < -0.39 is 5.97 Å². The van der Waals surface area contributed by atoms with Crippen molar-refractivity contribution < 1.29 is 14.7 Å². The van der Waals surface area contributed by atoms with Gasteiger partial charge in [-0.2, -0.15) is 0 Å². The molecule has 2 aromatic rings. The summed E-state index contributed by atoms with van der Waals surface area (Å²) in [5, 5.41) is 10.9. The molecule has 20 heavy (non-hydrogen) atoms. The van der Waals surface area contributed by atoms with Crippen molar-refractivity contribution in [3.63, 3.8) is 0 Å². The summed E-state index contributed by atoms with van der Waals surface area (Å²) in [6, 6.07) is 7.06. The Kier molecular flexibility index (Phi) is 4.57. The van der Waals surface area contributed by atoms with Crippen LogP contribution in [0.3, 0.4) is 0 Å². The Bertz CT molecular complexity index is 602. The first-order valence-electron chi connectivity index (χ1n) is 6.15. The highest BCUT2D eigenvalue weighted by atomic mass is 32.1. The topological polar surface area (TPSA) is 57.6 Å². The number of carboxylic acid groups (broad SMARTS) is 1. The van der Waals surface area contributed by atoms with Crippen LogP contribution in [0.15, 0.2) is 29.6 Å². The Hall–Kier alpha value is -1.66. The van der Waals surface area contributed by atoms with Crippen molar-refractivity contribution in [3.05, 3.63) is 44.3 Å². The monoisotopic (exact) mass is 309 g/mol. The van der Waals surface area contributed by atoms with E-state index in [1.54, 1.807) is 22.3 Å². The van der Waals surface area contributed by atoms with Crippen molar-refractivity contribution in [1.82, 2.24) is 4.90 Å². The summed E-state index contributed by atoms with van der Waals surface area (Å²) in [5.41, 5.74) is 0. The number of carbonyl (C=O) groups is 2. The highest BCUT2D eigenvalue weighted by Gasteiger charge is 2.22. The van der Waals surface area contributed by atoms with Gasteiger partial charge in [-0.05, 0) is 37.4 Å². The second-order valence-corrected chi connectivity index (χ2v) is 6.69. The molecule has 1 N–H and O–H groups in total. The van der Waals surface area contributed by atoms with Crippen molar-refractivity contribution in [3.8, 4) is 0 Å². The maximum absolute atomic E-state index is 12.5. The van der Waals surface area contributed by atoms with Gasteiger partial charge in [0.1, 0.15) is 4.88 Å². The molecule has 0 aliphatic carbocycles. The van der Waals surface area contributed by atoms with Gasteiger partial charge in [0.2, 0.25) is 0 Å². The van der Waals surface area contributed by atoms with Gasteiger partial charge in [0.05, 0.1) is 11.4 Å². The molecule has 6 heteroatoms. The molecule has 1 amide bonds. The van der Waals surface area contributed by atoms with Crippen molar-refractivity contribution in [2.75, 3.05) is 0 Å². The lowest BCUT2D eigenvalue weighted by atomic mass is 10.2. The number of thiophene rings is 2. The maximum atomic E-state index is 12.5. The fourth-order valence-electron chi connectivity index (χ4n) is 1.77. The molecule has 0 bridgehead atoms. The summed E-state index contributed by atoms with van der Waals surface area (Å²) in [5.74, 6) is -1.12. The van der Waals surface area contributed by atoms with Gasteiger partial charge in [0, 0.05) is 10.9 Å². The Labute approximate surface area is 125 Å². The third-order valence-corrected chi connectivity index (χ3v) is 4.74. The first-order chi connectivity index (χ1) is 9.49. The summed E-state index contributed by atoms with van der Waals surface area (Å²) in [6.45, 7) is 4.46. The number of aromatic carboxylic acids is 1. The molecule has 0 unspecified atom stereocenters. The van der Waals surface area contributed by atoms with Crippen LogP contribution in [-0.4, -0.2) is 27.9 Å². The normalized spacial score (nSPS) is 10.8. The van der Waals surface area contributed by atoms with Gasteiger partial charge in [-0.15, -0.1) is 22.7 Å². The Morgan fingerprint density at radius 1 is 1.25 bits per heavy atom.